The normalized spacial score (nSPS) is 12.9. The highest BCUT2D eigenvalue weighted by atomic mass is 19.1. The van der Waals surface area contributed by atoms with Crippen LogP contribution in [-0.4, -0.2) is 6.54 Å². The van der Waals surface area contributed by atoms with Gasteiger partial charge in [0.05, 0.1) is 0 Å². The van der Waals surface area contributed by atoms with Crippen molar-refractivity contribution in [2.24, 2.45) is 0 Å². The molecule has 1 aliphatic rings. The first-order valence-corrected chi connectivity index (χ1v) is 6.06. The molecule has 3 heteroatoms. The Hall–Kier alpha value is -2.03. The van der Waals surface area contributed by atoms with Crippen molar-refractivity contribution < 1.29 is 9.13 Å². The van der Waals surface area contributed by atoms with Crippen LogP contribution in [0.2, 0.25) is 0 Å². The monoisotopic (exact) mass is 243 g/mol. The van der Waals surface area contributed by atoms with Crippen molar-refractivity contribution in [1.82, 2.24) is 0 Å². The molecule has 0 spiro atoms. The maximum atomic E-state index is 14.1. The standard InChI is InChI=1S/C15H14FNO/c16-15-12-8-9-17-13(12)6-7-14(15)18-10-11-4-2-1-3-5-11/h1-7,17H,8-10H2. The molecule has 2 aromatic carbocycles. The van der Waals surface area contributed by atoms with Gasteiger partial charge in [-0.2, -0.15) is 0 Å². The molecule has 0 unspecified atom stereocenters. The van der Waals surface area contributed by atoms with Crippen LogP contribution in [-0.2, 0) is 13.0 Å². The first kappa shape index (κ1) is 11.1. The highest BCUT2D eigenvalue weighted by Crippen LogP contribution is 2.31. The van der Waals surface area contributed by atoms with Crippen molar-refractivity contribution in [3.05, 3.63) is 59.4 Å². The molecule has 0 atom stereocenters. The van der Waals surface area contributed by atoms with E-state index in [1.165, 1.54) is 0 Å². The van der Waals surface area contributed by atoms with E-state index in [-0.39, 0.29) is 5.82 Å². The summed E-state index contributed by atoms with van der Waals surface area (Å²) in [5.41, 5.74) is 2.66. The fourth-order valence-corrected chi connectivity index (χ4v) is 2.18. The number of nitrogens with one attached hydrogen (secondary N) is 1. The van der Waals surface area contributed by atoms with Crippen LogP contribution in [0.15, 0.2) is 42.5 Å². The van der Waals surface area contributed by atoms with Crippen molar-refractivity contribution in [3.8, 4) is 5.75 Å². The van der Waals surface area contributed by atoms with E-state index in [0.717, 1.165) is 29.8 Å². The molecule has 0 fully saturated rings. The summed E-state index contributed by atoms with van der Waals surface area (Å²) in [6.07, 6.45) is 0.726. The Morgan fingerprint density at radius 2 is 1.94 bits per heavy atom. The lowest BCUT2D eigenvalue weighted by atomic mass is 10.1. The number of ether oxygens (including phenoxy) is 1. The third kappa shape index (κ3) is 2.04. The SMILES string of the molecule is Fc1c(OCc2ccccc2)ccc2c1CCN2. The number of fused-ring (bicyclic) bond motifs is 1. The number of halogens is 1. The van der Waals surface area contributed by atoms with Gasteiger partial charge in [-0.15, -0.1) is 0 Å². The molecule has 0 bridgehead atoms. The van der Waals surface area contributed by atoms with Crippen LogP contribution in [0.3, 0.4) is 0 Å². The molecular formula is C15H14FNO. The van der Waals surface area contributed by atoms with E-state index >= 15 is 0 Å². The minimum Gasteiger partial charge on any atom is -0.486 e. The molecule has 0 saturated heterocycles. The molecule has 2 aromatic rings. The lowest BCUT2D eigenvalue weighted by molar-refractivity contribution is 0.289. The summed E-state index contributed by atoms with van der Waals surface area (Å²) >= 11 is 0. The molecule has 1 aliphatic heterocycles. The highest BCUT2D eigenvalue weighted by Gasteiger charge is 2.18. The van der Waals surface area contributed by atoms with Gasteiger partial charge in [-0.3, -0.25) is 0 Å². The van der Waals surface area contributed by atoms with Crippen LogP contribution in [0.4, 0.5) is 10.1 Å². The predicted molar refractivity (Wildman–Crippen MR) is 69.4 cm³/mol. The van der Waals surface area contributed by atoms with Gasteiger partial charge in [0, 0.05) is 17.8 Å². The molecule has 2 nitrogen and oxygen atoms in total. The van der Waals surface area contributed by atoms with Gasteiger partial charge in [0.25, 0.3) is 0 Å². The zero-order valence-corrected chi connectivity index (χ0v) is 9.95. The van der Waals surface area contributed by atoms with E-state index in [0.29, 0.717) is 12.4 Å². The summed E-state index contributed by atoms with van der Waals surface area (Å²) in [5.74, 6) is 0.106. The lowest BCUT2D eigenvalue weighted by Crippen LogP contribution is -1.99. The second-order valence-corrected chi connectivity index (χ2v) is 4.35. The minimum atomic E-state index is -0.228. The molecular weight excluding hydrogens is 229 g/mol. The van der Waals surface area contributed by atoms with Gasteiger partial charge in [-0.05, 0) is 24.1 Å². The van der Waals surface area contributed by atoms with Crippen molar-refractivity contribution >= 4 is 5.69 Å². The molecule has 1 N–H and O–H groups in total. The molecule has 92 valence electrons. The maximum absolute atomic E-state index is 14.1. The summed E-state index contributed by atoms with van der Waals surface area (Å²) in [6, 6.07) is 13.3. The number of anilines is 1. The molecule has 0 amide bonds. The fourth-order valence-electron chi connectivity index (χ4n) is 2.18. The van der Waals surface area contributed by atoms with E-state index in [1.807, 2.05) is 36.4 Å². The van der Waals surface area contributed by atoms with E-state index in [1.54, 1.807) is 6.07 Å². The fraction of sp³-hybridized carbons (Fsp3) is 0.200. The summed E-state index contributed by atoms with van der Waals surface area (Å²) in [5, 5.41) is 3.15. The molecule has 0 saturated carbocycles. The lowest BCUT2D eigenvalue weighted by Gasteiger charge is -2.09. The molecule has 0 aliphatic carbocycles. The largest absolute Gasteiger partial charge is 0.486 e. The van der Waals surface area contributed by atoms with Crippen LogP contribution in [0.1, 0.15) is 11.1 Å². The number of hydrogen-bond donors (Lipinski definition) is 1. The average molecular weight is 243 g/mol. The van der Waals surface area contributed by atoms with Gasteiger partial charge in [-0.25, -0.2) is 4.39 Å². The Balaban J connectivity index is 1.78. The zero-order valence-electron chi connectivity index (χ0n) is 9.95. The minimum absolute atomic E-state index is 0.228. The first-order chi connectivity index (χ1) is 8.84. The Morgan fingerprint density at radius 3 is 2.78 bits per heavy atom. The van der Waals surface area contributed by atoms with Crippen LogP contribution in [0, 0.1) is 5.82 Å². The Morgan fingerprint density at radius 1 is 1.11 bits per heavy atom. The smallest absolute Gasteiger partial charge is 0.170 e. The van der Waals surface area contributed by atoms with Crippen LogP contribution in [0.25, 0.3) is 0 Å². The van der Waals surface area contributed by atoms with Gasteiger partial charge in [0.2, 0.25) is 0 Å². The van der Waals surface area contributed by atoms with Crippen molar-refractivity contribution in [3.63, 3.8) is 0 Å². The van der Waals surface area contributed by atoms with Gasteiger partial charge in [0.15, 0.2) is 11.6 Å². The number of benzene rings is 2. The maximum Gasteiger partial charge on any atom is 0.170 e. The number of rotatable bonds is 3. The summed E-state index contributed by atoms with van der Waals surface area (Å²) in [7, 11) is 0. The van der Waals surface area contributed by atoms with Crippen LogP contribution < -0.4 is 10.1 Å². The Bertz CT molecular complexity index is 554. The molecule has 3 rings (SSSR count). The van der Waals surface area contributed by atoms with Crippen LogP contribution >= 0.6 is 0 Å². The third-order valence-electron chi connectivity index (χ3n) is 3.14. The molecule has 0 radical (unpaired) electrons. The predicted octanol–water partition coefficient (Wildman–Crippen LogP) is 3.37. The summed E-state index contributed by atoms with van der Waals surface area (Å²) in [4.78, 5) is 0. The Kier molecular flexibility index (Phi) is 2.89. The van der Waals surface area contributed by atoms with Crippen molar-refractivity contribution in [2.75, 3.05) is 11.9 Å². The molecule has 18 heavy (non-hydrogen) atoms. The van der Waals surface area contributed by atoms with Crippen LogP contribution in [0.5, 0.6) is 5.75 Å². The molecule has 0 aromatic heterocycles. The van der Waals surface area contributed by atoms with E-state index in [9.17, 15) is 4.39 Å². The first-order valence-electron chi connectivity index (χ1n) is 6.06. The van der Waals surface area contributed by atoms with Gasteiger partial charge < -0.3 is 10.1 Å². The summed E-state index contributed by atoms with van der Waals surface area (Å²) in [6.45, 7) is 1.19. The average Bonchev–Trinajstić information content (AvgIpc) is 2.88. The quantitative estimate of drug-likeness (QED) is 0.892. The third-order valence-corrected chi connectivity index (χ3v) is 3.14. The topological polar surface area (TPSA) is 21.3 Å². The zero-order chi connectivity index (χ0) is 12.4. The summed E-state index contributed by atoms with van der Waals surface area (Å²) < 4.78 is 19.7. The van der Waals surface area contributed by atoms with E-state index in [4.69, 9.17) is 4.74 Å². The van der Waals surface area contributed by atoms with Gasteiger partial charge >= 0.3 is 0 Å². The van der Waals surface area contributed by atoms with Crippen molar-refractivity contribution in [1.29, 1.82) is 0 Å². The van der Waals surface area contributed by atoms with Gasteiger partial charge in [0.1, 0.15) is 6.61 Å². The van der Waals surface area contributed by atoms with Gasteiger partial charge in [-0.1, -0.05) is 30.3 Å². The highest BCUT2D eigenvalue weighted by molar-refractivity contribution is 5.58. The Labute approximate surface area is 105 Å². The van der Waals surface area contributed by atoms with E-state index < -0.39 is 0 Å². The van der Waals surface area contributed by atoms with Crippen molar-refractivity contribution in [2.45, 2.75) is 13.0 Å². The molecule has 1 heterocycles. The van der Waals surface area contributed by atoms with E-state index in [2.05, 4.69) is 5.32 Å². The number of hydrogen-bond acceptors (Lipinski definition) is 2. The second kappa shape index (κ2) is 4.69. The second-order valence-electron chi connectivity index (χ2n) is 4.35.